The molecule has 0 aliphatic carbocycles. The number of hydrogen-bond donors (Lipinski definition) is 0. The Morgan fingerprint density at radius 3 is 2.42 bits per heavy atom. The van der Waals surface area contributed by atoms with E-state index >= 15 is 0 Å². The Morgan fingerprint density at radius 1 is 0.947 bits per heavy atom. The molecule has 0 saturated heterocycles. The van der Waals surface area contributed by atoms with E-state index in [-0.39, 0.29) is 0 Å². The van der Waals surface area contributed by atoms with Crippen molar-refractivity contribution in [2.45, 2.75) is 11.8 Å². The molecular formula is C15H13NO2S. The predicted octanol–water partition coefficient (Wildman–Crippen LogP) is 3.19. The van der Waals surface area contributed by atoms with Crippen LogP contribution in [-0.2, 0) is 10.0 Å². The lowest BCUT2D eigenvalue weighted by atomic mass is 10.2. The van der Waals surface area contributed by atoms with Crippen molar-refractivity contribution in [1.29, 1.82) is 0 Å². The number of hydrogen-bond acceptors (Lipinski definition) is 2. The first-order valence-corrected chi connectivity index (χ1v) is 7.41. The molecule has 3 rings (SSSR count). The summed E-state index contributed by atoms with van der Waals surface area (Å²) in [6.07, 6.45) is 1.60. The Bertz CT molecular complexity index is 833. The molecule has 0 unspecified atom stereocenters. The molecular weight excluding hydrogens is 258 g/mol. The lowest BCUT2D eigenvalue weighted by Gasteiger charge is -2.07. The summed E-state index contributed by atoms with van der Waals surface area (Å²) >= 11 is 0. The number of aryl methyl sites for hydroxylation is 1. The average molecular weight is 271 g/mol. The van der Waals surface area contributed by atoms with Crippen LogP contribution in [-0.4, -0.2) is 12.4 Å². The highest BCUT2D eigenvalue weighted by molar-refractivity contribution is 7.90. The molecule has 0 aliphatic rings. The van der Waals surface area contributed by atoms with Crippen molar-refractivity contribution in [3.8, 4) is 0 Å². The Hall–Kier alpha value is -2.07. The fourth-order valence-corrected chi connectivity index (χ4v) is 3.53. The minimum atomic E-state index is -3.52. The van der Waals surface area contributed by atoms with Gasteiger partial charge in [-0.05, 0) is 37.3 Å². The van der Waals surface area contributed by atoms with Crippen LogP contribution in [0.1, 0.15) is 5.56 Å². The van der Waals surface area contributed by atoms with Gasteiger partial charge in [0, 0.05) is 11.6 Å². The molecule has 0 saturated carbocycles. The van der Waals surface area contributed by atoms with Crippen molar-refractivity contribution in [2.24, 2.45) is 0 Å². The van der Waals surface area contributed by atoms with Crippen LogP contribution in [0.25, 0.3) is 10.9 Å². The molecule has 0 aliphatic heterocycles. The number of benzene rings is 2. The summed E-state index contributed by atoms with van der Waals surface area (Å²) in [7, 11) is -3.52. The van der Waals surface area contributed by atoms with Gasteiger partial charge in [0.25, 0.3) is 10.0 Å². The first-order valence-electron chi connectivity index (χ1n) is 5.97. The summed E-state index contributed by atoms with van der Waals surface area (Å²) in [5, 5.41) is 0.930. The van der Waals surface area contributed by atoms with Gasteiger partial charge in [-0.1, -0.05) is 29.8 Å². The van der Waals surface area contributed by atoms with Gasteiger partial charge in [-0.15, -0.1) is 0 Å². The van der Waals surface area contributed by atoms with Crippen LogP contribution in [0, 0.1) is 6.92 Å². The van der Waals surface area contributed by atoms with Gasteiger partial charge in [0.15, 0.2) is 0 Å². The Kier molecular flexibility index (Phi) is 2.68. The number of nitrogens with zero attached hydrogens (tertiary/aromatic N) is 1. The Morgan fingerprint density at radius 2 is 1.68 bits per heavy atom. The zero-order chi connectivity index (χ0) is 13.5. The van der Waals surface area contributed by atoms with Gasteiger partial charge in [-0.2, -0.15) is 0 Å². The highest BCUT2D eigenvalue weighted by atomic mass is 32.2. The van der Waals surface area contributed by atoms with E-state index in [0.717, 1.165) is 10.9 Å². The molecule has 2 aromatic carbocycles. The first-order chi connectivity index (χ1) is 9.09. The van der Waals surface area contributed by atoms with Crippen LogP contribution in [0.4, 0.5) is 0 Å². The van der Waals surface area contributed by atoms with Crippen molar-refractivity contribution < 1.29 is 8.42 Å². The maximum absolute atomic E-state index is 12.6. The minimum absolute atomic E-state index is 0.299. The van der Waals surface area contributed by atoms with Gasteiger partial charge < -0.3 is 0 Å². The highest BCUT2D eigenvalue weighted by Crippen LogP contribution is 2.22. The SMILES string of the molecule is Cc1ccc2c(ccn2S(=O)(=O)c2ccccc2)c1. The molecule has 19 heavy (non-hydrogen) atoms. The Labute approximate surface area is 112 Å². The van der Waals surface area contributed by atoms with Crippen LogP contribution in [0.2, 0.25) is 0 Å². The van der Waals surface area contributed by atoms with Gasteiger partial charge in [-0.25, -0.2) is 12.4 Å². The third-order valence-corrected chi connectivity index (χ3v) is 4.81. The minimum Gasteiger partial charge on any atom is -0.241 e. The smallest absolute Gasteiger partial charge is 0.241 e. The van der Waals surface area contributed by atoms with E-state index in [1.54, 1.807) is 36.5 Å². The second-order valence-electron chi connectivity index (χ2n) is 4.49. The molecule has 3 nitrogen and oxygen atoms in total. The zero-order valence-corrected chi connectivity index (χ0v) is 11.3. The van der Waals surface area contributed by atoms with Gasteiger partial charge >= 0.3 is 0 Å². The van der Waals surface area contributed by atoms with E-state index in [2.05, 4.69) is 0 Å². The van der Waals surface area contributed by atoms with E-state index in [1.807, 2.05) is 31.2 Å². The van der Waals surface area contributed by atoms with Crippen LogP contribution in [0.3, 0.4) is 0 Å². The summed E-state index contributed by atoms with van der Waals surface area (Å²) < 4.78 is 26.4. The number of rotatable bonds is 2. The summed E-state index contributed by atoms with van der Waals surface area (Å²) in [4.78, 5) is 0.299. The first kappa shape index (κ1) is 12.0. The topological polar surface area (TPSA) is 39.1 Å². The molecule has 0 amide bonds. The van der Waals surface area contributed by atoms with E-state index < -0.39 is 10.0 Å². The maximum atomic E-state index is 12.6. The molecule has 3 aromatic rings. The van der Waals surface area contributed by atoms with Crippen molar-refractivity contribution in [3.05, 3.63) is 66.4 Å². The lowest BCUT2D eigenvalue weighted by Crippen LogP contribution is -2.11. The van der Waals surface area contributed by atoms with Gasteiger partial charge in [0.2, 0.25) is 0 Å². The van der Waals surface area contributed by atoms with E-state index in [9.17, 15) is 8.42 Å². The van der Waals surface area contributed by atoms with Crippen molar-refractivity contribution >= 4 is 20.9 Å². The molecule has 0 spiro atoms. The maximum Gasteiger partial charge on any atom is 0.268 e. The largest absolute Gasteiger partial charge is 0.268 e. The van der Waals surface area contributed by atoms with E-state index in [4.69, 9.17) is 0 Å². The highest BCUT2D eigenvalue weighted by Gasteiger charge is 2.17. The summed E-state index contributed by atoms with van der Waals surface area (Å²) in [5.74, 6) is 0. The Balaban J connectivity index is 2.25. The van der Waals surface area contributed by atoms with Crippen molar-refractivity contribution in [3.63, 3.8) is 0 Å². The molecule has 1 aromatic heterocycles. The number of aromatic nitrogens is 1. The fourth-order valence-electron chi connectivity index (χ4n) is 2.15. The van der Waals surface area contributed by atoms with Crippen LogP contribution in [0.15, 0.2) is 65.7 Å². The zero-order valence-electron chi connectivity index (χ0n) is 10.4. The summed E-state index contributed by atoms with van der Waals surface area (Å²) in [5.41, 5.74) is 1.82. The molecule has 0 N–H and O–H groups in total. The van der Waals surface area contributed by atoms with Crippen molar-refractivity contribution in [1.82, 2.24) is 3.97 Å². The molecule has 96 valence electrons. The van der Waals surface area contributed by atoms with Crippen LogP contribution in [0.5, 0.6) is 0 Å². The van der Waals surface area contributed by atoms with Crippen molar-refractivity contribution in [2.75, 3.05) is 0 Å². The third kappa shape index (κ3) is 1.94. The average Bonchev–Trinajstić information content (AvgIpc) is 2.83. The summed E-state index contributed by atoms with van der Waals surface area (Å²) in [6.45, 7) is 1.99. The van der Waals surface area contributed by atoms with Crippen LogP contribution < -0.4 is 0 Å². The normalized spacial score (nSPS) is 11.8. The monoisotopic (exact) mass is 271 g/mol. The second kappa shape index (κ2) is 4.24. The molecule has 4 heteroatoms. The molecule has 0 fully saturated rings. The van der Waals surface area contributed by atoms with Gasteiger partial charge in [0.05, 0.1) is 10.4 Å². The third-order valence-electron chi connectivity index (χ3n) is 3.11. The molecule has 0 radical (unpaired) electrons. The molecule has 0 atom stereocenters. The standard InChI is InChI=1S/C15H13NO2S/c1-12-7-8-15-13(11-12)9-10-16(15)19(17,18)14-5-3-2-4-6-14/h2-11H,1H3. The predicted molar refractivity (Wildman–Crippen MR) is 75.7 cm³/mol. The lowest BCUT2D eigenvalue weighted by molar-refractivity contribution is 0.589. The number of fused-ring (bicyclic) bond motifs is 1. The van der Waals surface area contributed by atoms with Gasteiger partial charge in [0.1, 0.15) is 0 Å². The second-order valence-corrected chi connectivity index (χ2v) is 6.31. The molecule has 0 bridgehead atoms. The quantitative estimate of drug-likeness (QED) is 0.718. The van der Waals surface area contributed by atoms with E-state index in [1.165, 1.54) is 3.97 Å². The fraction of sp³-hybridized carbons (Fsp3) is 0.0667. The van der Waals surface area contributed by atoms with E-state index in [0.29, 0.717) is 10.4 Å². The van der Waals surface area contributed by atoms with Crippen LogP contribution >= 0.6 is 0 Å². The molecule has 1 heterocycles. The van der Waals surface area contributed by atoms with Gasteiger partial charge in [-0.3, -0.25) is 0 Å². The summed E-state index contributed by atoms with van der Waals surface area (Å²) in [6, 6.07) is 16.0.